The van der Waals surface area contributed by atoms with Gasteiger partial charge in [-0.2, -0.15) is 16.3 Å². The number of thiophene rings is 1. The number of rotatable bonds is 5. The number of halogens is 2. The first-order valence-corrected chi connectivity index (χ1v) is 9.74. The fraction of sp³-hybridized carbons (Fsp3) is 0.333. The number of benzene rings is 1. The molecule has 5 nitrogen and oxygen atoms in total. The van der Waals surface area contributed by atoms with Crippen molar-refractivity contribution >= 4 is 22.9 Å². The molecule has 3 heterocycles. The van der Waals surface area contributed by atoms with Gasteiger partial charge >= 0.3 is 0 Å². The quantitative estimate of drug-likeness (QED) is 0.658. The summed E-state index contributed by atoms with van der Waals surface area (Å²) in [7, 11) is 0. The molecule has 1 aliphatic rings. The molecule has 136 valence electrons. The first kappa shape index (κ1) is 17.6. The molecule has 0 spiro atoms. The minimum atomic E-state index is -0.244. The SMILES string of the molecule is Fc1cccc(Cl)c1CN1CCN(Cc2nc(-c3ccsc3)no2)CC1. The van der Waals surface area contributed by atoms with Gasteiger partial charge in [-0.05, 0) is 23.6 Å². The Bertz CT molecular complexity index is 842. The van der Waals surface area contributed by atoms with E-state index in [0.717, 1.165) is 31.7 Å². The Labute approximate surface area is 160 Å². The van der Waals surface area contributed by atoms with E-state index < -0.39 is 0 Å². The van der Waals surface area contributed by atoms with Crippen molar-refractivity contribution in [3.05, 3.63) is 57.3 Å². The number of aromatic nitrogens is 2. The van der Waals surface area contributed by atoms with Gasteiger partial charge in [0.25, 0.3) is 0 Å². The summed E-state index contributed by atoms with van der Waals surface area (Å²) in [6.07, 6.45) is 0. The second-order valence-corrected chi connectivity index (χ2v) is 7.46. The molecule has 0 saturated carbocycles. The van der Waals surface area contributed by atoms with Crippen molar-refractivity contribution < 1.29 is 8.91 Å². The summed E-state index contributed by atoms with van der Waals surface area (Å²) in [5.41, 5.74) is 1.55. The van der Waals surface area contributed by atoms with Crippen molar-refractivity contribution in [2.45, 2.75) is 13.1 Å². The Morgan fingerprint density at radius 2 is 1.88 bits per heavy atom. The summed E-state index contributed by atoms with van der Waals surface area (Å²) < 4.78 is 19.3. The third kappa shape index (κ3) is 3.96. The third-order valence-electron chi connectivity index (χ3n) is 4.51. The lowest BCUT2D eigenvalue weighted by Crippen LogP contribution is -2.45. The van der Waals surface area contributed by atoms with Gasteiger partial charge in [0, 0.05) is 54.3 Å². The maximum atomic E-state index is 13.9. The predicted molar refractivity (Wildman–Crippen MR) is 99.6 cm³/mol. The molecular weight excluding hydrogens is 375 g/mol. The van der Waals surface area contributed by atoms with Gasteiger partial charge in [-0.15, -0.1) is 0 Å². The minimum Gasteiger partial charge on any atom is -0.338 e. The van der Waals surface area contributed by atoms with Crippen LogP contribution < -0.4 is 0 Å². The average Bonchev–Trinajstić information content (AvgIpc) is 3.31. The molecular formula is C18H18ClFN4OS. The first-order chi connectivity index (χ1) is 12.7. The zero-order valence-corrected chi connectivity index (χ0v) is 15.6. The highest BCUT2D eigenvalue weighted by Gasteiger charge is 2.21. The largest absolute Gasteiger partial charge is 0.338 e. The molecule has 0 radical (unpaired) electrons. The van der Waals surface area contributed by atoms with Crippen LogP contribution in [0.5, 0.6) is 0 Å². The van der Waals surface area contributed by atoms with Crippen molar-refractivity contribution in [1.29, 1.82) is 0 Å². The fourth-order valence-electron chi connectivity index (χ4n) is 3.03. The van der Waals surface area contributed by atoms with Crippen LogP contribution in [0.4, 0.5) is 4.39 Å². The van der Waals surface area contributed by atoms with Crippen molar-refractivity contribution in [3.8, 4) is 11.4 Å². The lowest BCUT2D eigenvalue weighted by Gasteiger charge is -2.34. The van der Waals surface area contributed by atoms with Gasteiger partial charge in [0.2, 0.25) is 11.7 Å². The normalized spacial score (nSPS) is 16.2. The Morgan fingerprint density at radius 1 is 1.12 bits per heavy atom. The molecule has 0 unspecified atom stereocenters. The van der Waals surface area contributed by atoms with Gasteiger partial charge in [0.15, 0.2) is 0 Å². The molecule has 1 fully saturated rings. The Balaban J connectivity index is 1.31. The standard InChI is InChI=1S/C18H18ClFN4OS/c19-15-2-1-3-16(20)14(15)10-23-5-7-24(8-6-23)11-17-21-18(22-25-17)13-4-9-26-12-13/h1-4,9,12H,5-8,10-11H2. The summed E-state index contributed by atoms with van der Waals surface area (Å²) in [6, 6.07) is 6.80. The second kappa shape index (κ2) is 7.84. The van der Waals surface area contributed by atoms with E-state index in [1.807, 2.05) is 16.8 Å². The number of nitrogens with zero attached hydrogens (tertiary/aromatic N) is 4. The highest BCUT2D eigenvalue weighted by Crippen LogP contribution is 2.22. The van der Waals surface area contributed by atoms with E-state index in [1.54, 1.807) is 23.5 Å². The van der Waals surface area contributed by atoms with E-state index in [4.69, 9.17) is 16.1 Å². The number of hydrogen-bond donors (Lipinski definition) is 0. The van der Waals surface area contributed by atoms with Gasteiger partial charge < -0.3 is 4.52 Å². The van der Waals surface area contributed by atoms with Crippen LogP contribution in [0.15, 0.2) is 39.5 Å². The molecule has 1 saturated heterocycles. The van der Waals surface area contributed by atoms with Crippen molar-refractivity contribution in [1.82, 2.24) is 19.9 Å². The summed E-state index contributed by atoms with van der Waals surface area (Å²) in [5, 5.41) is 8.52. The third-order valence-corrected chi connectivity index (χ3v) is 5.55. The Morgan fingerprint density at radius 3 is 2.58 bits per heavy atom. The van der Waals surface area contributed by atoms with Crippen LogP contribution in [0.2, 0.25) is 5.02 Å². The van der Waals surface area contributed by atoms with Crippen LogP contribution >= 0.6 is 22.9 Å². The zero-order chi connectivity index (χ0) is 17.9. The molecule has 26 heavy (non-hydrogen) atoms. The highest BCUT2D eigenvalue weighted by molar-refractivity contribution is 7.08. The van der Waals surface area contributed by atoms with Crippen LogP contribution in [0.1, 0.15) is 11.5 Å². The molecule has 2 aromatic heterocycles. The van der Waals surface area contributed by atoms with Crippen LogP contribution in [0.3, 0.4) is 0 Å². The summed E-state index contributed by atoms with van der Waals surface area (Å²) in [4.78, 5) is 8.95. The van der Waals surface area contributed by atoms with Gasteiger partial charge in [0.1, 0.15) is 5.82 Å². The van der Waals surface area contributed by atoms with E-state index in [-0.39, 0.29) is 5.82 Å². The molecule has 8 heteroatoms. The lowest BCUT2D eigenvalue weighted by atomic mass is 10.2. The van der Waals surface area contributed by atoms with Crippen molar-refractivity contribution in [2.75, 3.05) is 26.2 Å². The molecule has 3 aromatic rings. The molecule has 0 amide bonds. The zero-order valence-electron chi connectivity index (χ0n) is 14.1. The second-order valence-electron chi connectivity index (χ2n) is 6.28. The van der Waals surface area contributed by atoms with Crippen LogP contribution in [-0.2, 0) is 13.1 Å². The highest BCUT2D eigenvalue weighted by atomic mass is 35.5. The van der Waals surface area contributed by atoms with Crippen molar-refractivity contribution in [2.24, 2.45) is 0 Å². The number of piperazine rings is 1. The van der Waals surface area contributed by atoms with Gasteiger partial charge in [-0.3, -0.25) is 9.80 Å². The smallest absolute Gasteiger partial charge is 0.241 e. The van der Waals surface area contributed by atoms with Crippen LogP contribution in [0, 0.1) is 5.82 Å². The topological polar surface area (TPSA) is 45.4 Å². The Hall–Kier alpha value is -1.80. The molecule has 0 bridgehead atoms. The van der Waals surface area contributed by atoms with E-state index in [9.17, 15) is 4.39 Å². The van der Waals surface area contributed by atoms with Crippen LogP contribution in [-0.4, -0.2) is 46.1 Å². The minimum absolute atomic E-state index is 0.244. The first-order valence-electron chi connectivity index (χ1n) is 8.42. The molecule has 1 aromatic carbocycles. The monoisotopic (exact) mass is 392 g/mol. The summed E-state index contributed by atoms with van der Waals surface area (Å²) in [6.45, 7) is 4.57. The van der Waals surface area contributed by atoms with Gasteiger partial charge in [0.05, 0.1) is 6.54 Å². The number of hydrogen-bond acceptors (Lipinski definition) is 6. The fourth-order valence-corrected chi connectivity index (χ4v) is 3.89. The van der Waals surface area contributed by atoms with E-state index in [0.29, 0.717) is 35.4 Å². The average molecular weight is 393 g/mol. The molecule has 0 N–H and O–H groups in total. The van der Waals surface area contributed by atoms with Gasteiger partial charge in [-0.25, -0.2) is 4.39 Å². The molecule has 0 aliphatic carbocycles. The van der Waals surface area contributed by atoms with E-state index >= 15 is 0 Å². The predicted octanol–water partition coefficient (Wildman–Crippen LogP) is 3.91. The van der Waals surface area contributed by atoms with E-state index in [1.165, 1.54) is 6.07 Å². The maximum absolute atomic E-state index is 13.9. The Kier molecular flexibility index (Phi) is 5.31. The van der Waals surface area contributed by atoms with Crippen molar-refractivity contribution in [3.63, 3.8) is 0 Å². The summed E-state index contributed by atoms with van der Waals surface area (Å²) in [5.74, 6) is 1.01. The van der Waals surface area contributed by atoms with Crippen LogP contribution in [0.25, 0.3) is 11.4 Å². The van der Waals surface area contributed by atoms with E-state index in [2.05, 4.69) is 19.9 Å². The van der Waals surface area contributed by atoms with Gasteiger partial charge in [-0.1, -0.05) is 22.8 Å². The lowest BCUT2D eigenvalue weighted by molar-refractivity contribution is 0.111. The maximum Gasteiger partial charge on any atom is 0.241 e. The summed E-state index contributed by atoms with van der Waals surface area (Å²) >= 11 is 7.73. The molecule has 1 aliphatic heterocycles. The molecule has 4 rings (SSSR count). The molecule has 0 atom stereocenters.